The van der Waals surface area contributed by atoms with Crippen LogP contribution in [-0.2, 0) is 11.3 Å². The number of nitrogens with one attached hydrogen (secondary N) is 2. The lowest BCUT2D eigenvalue weighted by Gasteiger charge is -2.18. The number of carboxylic acid groups (broad SMARTS) is 1. The number of carbonyl (C=O) groups excluding carboxylic acids is 1. The van der Waals surface area contributed by atoms with Crippen molar-refractivity contribution in [3.05, 3.63) is 23.8 Å². The molecule has 1 aromatic heterocycles. The number of nitrogens with zero attached hydrogens (tertiary/aromatic N) is 2. The zero-order valence-corrected chi connectivity index (χ0v) is 11.2. The Kier molecular flexibility index (Phi) is 5.23. The molecule has 1 rings (SSSR count). The van der Waals surface area contributed by atoms with Crippen LogP contribution in [0.25, 0.3) is 0 Å². The Morgan fingerprint density at radius 3 is 2.63 bits per heavy atom. The maximum Gasteiger partial charge on any atom is 0.326 e. The van der Waals surface area contributed by atoms with Gasteiger partial charge in [-0.05, 0) is 18.9 Å². The highest BCUT2D eigenvalue weighted by atomic mass is 16.4. The first kappa shape index (κ1) is 14.9. The molecule has 1 aromatic rings. The number of aliphatic carboxylic acids is 1. The molecule has 19 heavy (non-hydrogen) atoms. The Bertz CT molecular complexity index is 462. The van der Waals surface area contributed by atoms with Gasteiger partial charge < -0.3 is 15.7 Å². The van der Waals surface area contributed by atoms with Gasteiger partial charge in [0.1, 0.15) is 11.9 Å². The molecule has 0 aliphatic rings. The molecule has 0 fully saturated rings. The van der Waals surface area contributed by atoms with Crippen LogP contribution in [0.4, 0.5) is 4.79 Å². The predicted molar refractivity (Wildman–Crippen MR) is 68.4 cm³/mol. The zero-order valence-electron chi connectivity index (χ0n) is 11.2. The minimum Gasteiger partial charge on any atom is -0.480 e. The SMILES string of the molecule is Cc1nccc(CNC(=O)NC(C(=O)O)C(C)C)n1. The summed E-state index contributed by atoms with van der Waals surface area (Å²) in [6.45, 7) is 5.43. The Balaban J connectivity index is 2.49. The summed E-state index contributed by atoms with van der Waals surface area (Å²) in [5.41, 5.74) is 0.666. The topological polar surface area (TPSA) is 104 Å². The molecule has 0 aromatic carbocycles. The quantitative estimate of drug-likeness (QED) is 0.727. The van der Waals surface area contributed by atoms with Gasteiger partial charge in [-0.25, -0.2) is 19.6 Å². The molecule has 2 amide bonds. The average molecular weight is 266 g/mol. The molecule has 0 radical (unpaired) electrons. The number of hydrogen-bond donors (Lipinski definition) is 3. The molecule has 1 heterocycles. The first-order chi connectivity index (χ1) is 8.90. The van der Waals surface area contributed by atoms with Gasteiger partial charge in [0.05, 0.1) is 12.2 Å². The van der Waals surface area contributed by atoms with E-state index < -0.39 is 18.0 Å². The van der Waals surface area contributed by atoms with Crippen molar-refractivity contribution in [3.8, 4) is 0 Å². The Morgan fingerprint density at radius 1 is 1.42 bits per heavy atom. The third-order valence-electron chi connectivity index (χ3n) is 2.48. The van der Waals surface area contributed by atoms with E-state index in [0.29, 0.717) is 11.5 Å². The largest absolute Gasteiger partial charge is 0.480 e. The number of carbonyl (C=O) groups is 2. The van der Waals surface area contributed by atoms with Gasteiger partial charge in [-0.3, -0.25) is 0 Å². The minimum atomic E-state index is -1.05. The molecule has 0 aliphatic heterocycles. The minimum absolute atomic E-state index is 0.190. The van der Waals surface area contributed by atoms with Crippen molar-refractivity contribution in [3.63, 3.8) is 0 Å². The van der Waals surface area contributed by atoms with Crippen LogP contribution in [0.5, 0.6) is 0 Å². The molecule has 3 N–H and O–H groups in total. The predicted octanol–water partition coefficient (Wildman–Crippen LogP) is 0.693. The van der Waals surface area contributed by atoms with E-state index >= 15 is 0 Å². The molecule has 7 nitrogen and oxygen atoms in total. The van der Waals surface area contributed by atoms with E-state index in [2.05, 4.69) is 20.6 Å². The summed E-state index contributed by atoms with van der Waals surface area (Å²) in [5.74, 6) is -0.627. The van der Waals surface area contributed by atoms with Gasteiger partial charge >= 0.3 is 12.0 Å². The van der Waals surface area contributed by atoms with Gasteiger partial charge in [0.25, 0.3) is 0 Å². The molecular formula is C12H18N4O3. The van der Waals surface area contributed by atoms with Crippen molar-refractivity contribution in [2.24, 2.45) is 5.92 Å². The van der Waals surface area contributed by atoms with Gasteiger partial charge in [0.15, 0.2) is 0 Å². The van der Waals surface area contributed by atoms with Crippen molar-refractivity contribution in [2.45, 2.75) is 33.4 Å². The zero-order chi connectivity index (χ0) is 14.4. The van der Waals surface area contributed by atoms with Crippen LogP contribution in [0, 0.1) is 12.8 Å². The third kappa shape index (κ3) is 4.90. The molecule has 0 bridgehead atoms. The van der Waals surface area contributed by atoms with Gasteiger partial charge in [-0.15, -0.1) is 0 Å². The van der Waals surface area contributed by atoms with Gasteiger partial charge in [0.2, 0.25) is 0 Å². The number of rotatable bonds is 5. The lowest BCUT2D eigenvalue weighted by atomic mass is 10.1. The van der Waals surface area contributed by atoms with Gasteiger partial charge in [-0.1, -0.05) is 13.8 Å². The highest BCUT2D eigenvalue weighted by molar-refractivity contribution is 5.82. The van der Waals surface area contributed by atoms with E-state index in [1.165, 1.54) is 0 Å². The molecule has 7 heteroatoms. The normalized spacial score (nSPS) is 12.0. The van der Waals surface area contributed by atoms with Crippen LogP contribution in [0.1, 0.15) is 25.4 Å². The van der Waals surface area contributed by atoms with Crippen LogP contribution in [0.2, 0.25) is 0 Å². The van der Waals surface area contributed by atoms with E-state index in [4.69, 9.17) is 5.11 Å². The van der Waals surface area contributed by atoms with Gasteiger partial charge in [-0.2, -0.15) is 0 Å². The first-order valence-corrected chi connectivity index (χ1v) is 5.96. The van der Waals surface area contributed by atoms with Crippen molar-refractivity contribution in [2.75, 3.05) is 0 Å². The standard InChI is InChI=1S/C12H18N4O3/c1-7(2)10(11(17)18)16-12(19)14-6-9-4-5-13-8(3)15-9/h4-5,7,10H,6H2,1-3H3,(H,17,18)(H2,14,16,19). The van der Waals surface area contributed by atoms with Crippen molar-refractivity contribution < 1.29 is 14.7 Å². The lowest BCUT2D eigenvalue weighted by molar-refractivity contribution is -0.140. The number of urea groups is 1. The summed E-state index contributed by atoms with van der Waals surface area (Å²) in [6.07, 6.45) is 1.60. The second-order valence-corrected chi connectivity index (χ2v) is 4.48. The number of carboxylic acids is 1. The van der Waals surface area contributed by atoms with Gasteiger partial charge in [0, 0.05) is 6.20 Å². The van der Waals surface area contributed by atoms with E-state index in [-0.39, 0.29) is 12.5 Å². The van der Waals surface area contributed by atoms with E-state index in [1.807, 2.05) is 0 Å². The summed E-state index contributed by atoms with van der Waals surface area (Å²) in [7, 11) is 0. The first-order valence-electron chi connectivity index (χ1n) is 5.96. The number of aryl methyl sites for hydroxylation is 1. The van der Waals surface area contributed by atoms with Crippen LogP contribution in [0.3, 0.4) is 0 Å². The highest BCUT2D eigenvalue weighted by Gasteiger charge is 2.23. The third-order valence-corrected chi connectivity index (χ3v) is 2.48. The Morgan fingerprint density at radius 2 is 2.11 bits per heavy atom. The van der Waals surface area contributed by atoms with E-state index in [1.54, 1.807) is 33.0 Å². The Hall–Kier alpha value is -2.18. The number of hydrogen-bond acceptors (Lipinski definition) is 4. The molecule has 0 aliphatic carbocycles. The smallest absolute Gasteiger partial charge is 0.326 e. The summed E-state index contributed by atoms with van der Waals surface area (Å²) < 4.78 is 0. The monoisotopic (exact) mass is 266 g/mol. The maximum absolute atomic E-state index is 11.6. The fraction of sp³-hybridized carbons (Fsp3) is 0.500. The van der Waals surface area contributed by atoms with Crippen LogP contribution < -0.4 is 10.6 Å². The molecule has 104 valence electrons. The summed E-state index contributed by atoms with van der Waals surface area (Å²) in [5, 5.41) is 13.9. The van der Waals surface area contributed by atoms with E-state index in [0.717, 1.165) is 0 Å². The highest BCUT2D eigenvalue weighted by Crippen LogP contribution is 2.01. The average Bonchev–Trinajstić information content (AvgIpc) is 2.32. The molecule has 0 saturated heterocycles. The Labute approximate surface area is 111 Å². The molecule has 1 atom stereocenters. The van der Waals surface area contributed by atoms with Crippen molar-refractivity contribution in [1.82, 2.24) is 20.6 Å². The summed E-state index contributed by atoms with van der Waals surface area (Å²) >= 11 is 0. The second-order valence-electron chi connectivity index (χ2n) is 4.48. The summed E-state index contributed by atoms with van der Waals surface area (Å²) in [4.78, 5) is 30.6. The summed E-state index contributed by atoms with van der Waals surface area (Å²) in [6, 6.07) is 0.245. The van der Waals surface area contributed by atoms with Crippen LogP contribution in [-0.4, -0.2) is 33.1 Å². The lowest BCUT2D eigenvalue weighted by Crippen LogP contribution is -2.48. The second kappa shape index (κ2) is 6.67. The molecule has 0 saturated carbocycles. The van der Waals surface area contributed by atoms with Crippen LogP contribution >= 0.6 is 0 Å². The molecule has 1 unspecified atom stereocenters. The maximum atomic E-state index is 11.6. The van der Waals surface area contributed by atoms with Crippen LogP contribution in [0.15, 0.2) is 12.3 Å². The number of aromatic nitrogens is 2. The molecule has 0 spiro atoms. The van der Waals surface area contributed by atoms with Crippen molar-refractivity contribution >= 4 is 12.0 Å². The molecular weight excluding hydrogens is 248 g/mol. The fourth-order valence-corrected chi connectivity index (χ4v) is 1.48. The van der Waals surface area contributed by atoms with Crippen molar-refractivity contribution in [1.29, 1.82) is 0 Å². The number of amides is 2. The van der Waals surface area contributed by atoms with E-state index in [9.17, 15) is 9.59 Å². The fourth-order valence-electron chi connectivity index (χ4n) is 1.48.